The standard InChI is InChI=1S/C22H46N3.HI/c1-4-5-6-7-8-9-10-11-12-13-14-15-16-17-18-22-24-19-20-25(22,3)21(2)23;/h21H,4-20,23H2,1-3H3;1H/q+1;. The van der Waals surface area contributed by atoms with Crippen LogP contribution < -0.4 is 5.73 Å². The second-order valence-corrected chi connectivity index (χ2v) is 8.38. The molecule has 0 saturated carbocycles. The summed E-state index contributed by atoms with van der Waals surface area (Å²) in [5, 5.41) is 0. The van der Waals surface area contributed by atoms with Crippen LogP contribution in [0.15, 0.2) is 4.99 Å². The number of quaternary nitrogens is 1. The van der Waals surface area contributed by atoms with E-state index in [1.165, 1.54) is 95.7 Å². The van der Waals surface area contributed by atoms with Gasteiger partial charge in [-0.2, -0.15) is 0 Å². The Morgan fingerprint density at radius 3 is 1.69 bits per heavy atom. The molecule has 1 heterocycles. The lowest BCUT2D eigenvalue weighted by Gasteiger charge is -2.33. The first-order valence-corrected chi connectivity index (χ1v) is 11.3. The van der Waals surface area contributed by atoms with Crippen LogP contribution in [0.4, 0.5) is 0 Å². The fourth-order valence-corrected chi connectivity index (χ4v) is 3.93. The van der Waals surface area contributed by atoms with E-state index < -0.39 is 0 Å². The van der Waals surface area contributed by atoms with Gasteiger partial charge in [-0.1, -0.05) is 90.4 Å². The van der Waals surface area contributed by atoms with Crippen LogP contribution in [0.5, 0.6) is 0 Å². The van der Waals surface area contributed by atoms with Crippen LogP contribution >= 0.6 is 24.0 Å². The molecule has 2 N–H and O–H groups in total. The van der Waals surface area contributed by atoms with Gasteiger partial charge in [0.25, 0.3) is 0 Å². The van der Waals surface area contributed by atoms with Gasteiger partial charge in [0.15, 0.2) is 5.84 Å². The molecular weight excluding hydrogens is 433 g/mol. The van der Waals surface area contributed by atoms with Gasteiger partial charge >= 0.3 is 0 Å². The summed E-state index contributed by atoms with van der Waals surface area (Å²) < 4.78 is 0.873. The summed E-state index contributed by atoms with van der Waals surface area (Å²) in [6.45, 7) is 6.46. The number of rotatable bonds is 16. The van der Waals surface area contributed by atoms with E-state index in [0.717, 1.165) is 24.0 Å². The van der Waals surface area contributed by atoms with Gasteiger partial charge in [-0.25, -0.2) is 4.99 Å². The second-order valence-electron chi connectivity index (χ2n) is 8.38. The number of nitrogens with zero attached hydrogens (tertiary/aromatic N) is 2. The Morgan fingerprint density at radius 1 is 0.846 bits per heavy atom. The first-order chi connectivity index (χ1) is 12.1. The van der Waals surface area contributed by atoms with Crippen molar-refractivity contribution in [3.63, 3.8) is 0 Å². The quantitative estimate of drug-likeness (QED) is 0.150. The molecule has 0 fully saturated rings. The molecule has 0 aliphatic carbocycles. The van der Waals surface area contributed by atoms with E-state index in [1.807, 2.05) is 0 Å². The van der Waals surface area contributed by atoms with Crippen molar-refractivity contribution < 1.29 is 4.48 Å². The number of halogens is 1. The number of unbranched alkanes of at least 4 members (excludes halogenated alkanes) is 13. The van der Waals surface area contributed by atoms with Crippen molar-refractivity contribution in [2.24, 2.45) is 10.7 Å². The van der Waals surface area contributed by atoms with Crippen molar-refractivity contribution in [1.82, 2.24) is 0 Å². The van der Waals surface area contributed by atoms with Crippen molar-refractivity contribution >= 4 is 29.8 Å². The minimum Gasteiger partial charge on any atom is -0.281 e. The summed E-state index contributed by atoms with van der Waals surface area (Å²) in [5.74, 6) is 1.34. The van der Waals surface area contributed by atoms with E-state index in [9.17, 15) is 0 Å². The van der Waals surface area contributed by atoms with Gasteiger partial charge in [0.05, 0.1) is 13.6 Å². The molecule has 4 heteroatoms. The minimum atomic E-state index is 0. The van der Waals surface area contributed by atoms with Gasteiger partial charge in [0.1, 0.15) is 12.7 Å². The second kappa shape index (κ2) is 16.3. The Bertz CT molecular complexity index is 357. The van der Waals surface area contributed by atoms with E-state index in [1.54, 1.807) is 0 Å². The highest BCUT2D eigenvalue weighted by atomic mass is 127. The molecular formula is C22H47IN3+. The maximum Gasteiger partial charge on any atom is 0.199 e. The van der Waals surface area contributed by atoms with Crippen LogP contribution in [0.2, 0.25) is 0 Å². The van der Waals surface area contributed by atoms with Crippen LogP contribution in [0.25, 0.3) is 0 Å². The lowest BCUT2D eigenvalue weighted by atomic mass is 10.0. The van der Waals surface area contributed by atoms with Crippen LogP contribution in [0.1, 0.15) is 110 Å². The zero-order chi connectivity index (χ0) is 18.4. The average Bonchev–Trinajstić information content (AvgIpc) is 2.97. The Balaban J connectivity index is 0.00000625. The van der Waals surface area contributed by atoms with Gasteiger partial charge in [-0.15, -0.1) is 24.0 Å². The largest absolute Gasteiger partial charge is 0.281 e. The maximum atomic E-state index is 6.16. The molecule has 2 unspecified atom stereocenters. The van der Waals surface area contributed by atoms with Crippen molar-refractivity contribution in [1.29, 1.82) is 0 Å². The summed E-state index contributed by atoms with van der Waals surface area (Å²) in [6, 6.07) is 0. The van der Waals surface area contributed by atoms with E-state index in [2.05, 4.69) is 20.9 Å². The van der Waals surface area contributed by atoms with Gasteiger partial charge in [-0.3, -0.25) is 10.2 Å². The normalized spacial score (nSPS) is 20.7. The van der Waals surface area contributed by atoms with Crippen molar-refractivity contribution in [2.75, 3.05) is 20.1 Å². The highest BCUT2D eigenvalue weighted by molar-refractivity contribution is 14.0. The van der Waals surface area contributed by atoms with E-state index in [4.69, 9.17) is 10.7 Å². The molecule has 2 atom stereocenters. The maximum absolute atomic E-state index is 6.16. The van der Waals surface area contributed by atoms with Crippen molar-refractivity contribution in [2.45, 2.75) is 116 Å². The smallest absolute Gasteiger partial charge is 0.199 e. The van der Waals surface area contributed by atoms with Crippen LogP contribution in [0, 0.1) is 0 Å². The number of nitrogens with two attached hydrogens (primary N) is 1. The highest BCUT2D eigenvalue weighted by Gasteiger charge is 2.36. The molecule has 1 aliphatic rings. The molecule has 26 heavy (non-hydrogen) atoms. The Morgan fingerprint density at radius 2 is 1.27 bits per heavy atom. The van der Waals surface area contributed by atoms with Gasteiger partial charge < -0.3 is 0 Å². The van der Waals surface area contributed by atoms with Crippen LogP contribution in [-0.2, 0) is 0 Å². The van der Waals surface area contributed by atoms with Gasteiger partial charge in [0, 0.05) is 13.3 Å². The molecule has 3 nitrogen and oxygen atoms in total. The predicted octanol–water partition coefficient (Wildman–Crippen LogP) is 6.64. The fraction of sp³-hybridized carbons (Fsp3) is 0.955. The SMILES string of the molecule is CCCCCCCCCCCCCCCCC1=NCC[N+]1(C)C(C)N.I. The molecule has 0 aromatic heterocycles. The zero-order valence-corrected chi connectivity index (χ0v) is 20.3. The zero-order valence-electron chi connectivity index (χ0n) is 18.0. The van der Waals surface area contributed by atoms with Crippen LogP contribution in [0.3, 0.4) is 0 Å². The molecule has 0 spiro atoms. The van der Waals surface area contributed by atoms with Gasteiger partial charge in [0.2, 0.25) is 0 Å². The third kappa shape index (κ3) is 10.6. The fourth-order valence-electron chi connectivity index (χ4n) is 3.93. The summed E-state index contributed by atoms with van der Waals surface area (Å²) >= 11 is 0. The average molecular weight is 481 g/mol. The lowest BCUT2D eigenvalue weighted by Crippen LogP contribution is -2.57. The summed E-state index contributed by atoms with van der Waals surface area (Å²) in [6.07, 6.45) is 21.2. The first-order valence-electron chi connectivity index (χ1n) is 11.3. The summed E-state index contributed by atoms with van der Waals surface area (Å²) in [5.41, 5.74) is 6.16. The molecule has 1 aliphatic heterocycles. The highest BCUT2D eigenvalue weighted by Crippen LogP contribution is 2.20. The van der Waals surface area contributed by atoms with Gasteiger partial charge in [-0.05, 0) is 6.42 Å². The third-order valence-electron chi connectivity index (χ3n) is 6.10. The number of hydrogen-bond donors (Lipinski definition) is 1. The van der Waals surface area contributed by atoms with E-state index in [0.29, 0.717) is 0 Å². The Kier molecular flexibility index (Phi) is 16.5. The van der Waals surface area contributed by atoms with E-state index >= 15 is 0 Å². The number of amidine groups is 1. The molecule has 0 amide bonds. The molecule has 156 valence electrons. The minimum absolute atomic E-state index is 0. The van der Waals surface area contributed by atoms with E-state index in [-0.39, 0.29) is 30.1 Å². The number of hydrogen-bond acceptors (Lipinski definition) is 2. The molecule has 0 radical (unpaired) electrons. The van der Waals surface area contributed by atoms with Crippen molar-refractivity contribution in [3.05, 3.63) is 0 Å². The third-order valence-corrected chi connectivity index (χ3v) is 6.10. The number of likely N-dealkylation sites (N-methyl/N-ethyl adjacent to an activating group) is 1. The monoisotopic (exact) mass is 480 g/mol. The molecule has 0 saturated heterocycles. The summed E-state index contributed by atoms with van der Waals surface area (Å²) in [4.78, 5) is 4.72. The summed E-state index contributed by atoms with van der Waals surface area (Å²) in [7, 11) is 2.25. The molecule has 1 rings (SSSR count). The van der Waals surface area contributed by atoms with Crippen LogP contribution in [-0.4, -0.2) is 36.6 Å². The topological polar surface area (TPSA) is 38.4 Å². The molecule has 0 aromatic carbocycles. The molecule has 0 aromatic rings. The Labute approximate surface area is 181 Å². The number of aliphatic imine (C=N–C) groups is 1. The lowest BCUT2D eigenvalue weighted by molar-refractivity contribution is -0.840. The Hall–Kier alpha value is 0.320. The first kappa shape index (κ1) is 26.3. The van der Waals surface area contributed by atoms with Crippen molar-refractivity contribution in [3.8, 4) is 0 Å². The predicted molar refractivity (Wildman–Crippen MR) is 127 cm³/mol. The molecule has 0 bridgehead atoms.